The Kier molecular flexibility index (Phi) is 2.89. The summed E-state index contributed by atoms with van der Waals surface area (Å²) in [6.45, 7) is 0.398. The first kappa shape index (κ1) is 9.47. The van der Waals surface area contributed by atoms with E-state index in [9.17, 15) is 0 Å². The second kappa shape index (κ2) is 3.97. The number of hydrogen-bond donors (Lipinski definition) is 2. The maximum atomic E-state index is 9.11. The lowest BCUT2D eigenvalue weighted by molar-refractivity contribution is 0.0860. The molecule has 0 aromatic heterocycles. The second-order valence-electron chi connectivity index (χ2n) is 4.95. The first-order chi connectivity index (χ1) is 6.29. The van der Waals surface area contributed by atoms with E-state index in [1.54, 1.807) is 0 Å². The molecule has 4 unspecified atom stereocenters. The molecule has 0 spiro atoms. The van der Waals surface area contributed by atoms with Gasteiger partial charge in [0.05, 0.1) is 0 Å². The molecule has 76 valence electrons. The van der Waals surface area contributed by atoms with Crippen LogP contribution in [0, 0.1) is 17.8 Å². The molecule has 2 aliphatic rings. The summed E-state index contributed by atoms with van der Waals surface area (Å²) in [7, 11) is 0. The minimum absolute atomic E-state index is 0.398. The molecule has 13 heavy (non-hydrogen) atoms. The van der Waals surface area contributed by atoms with Crippen molar-refractivity contribution in [3.05, 3.63) is 0 Å². The highest BCUT2D eigenvalue weighted by atomic mass is 16.3. The predicted molar refractivity (Wildman–Crippen MR) is 53.2 cm³/mol. The van der Waals surface area contributed by atoms with Crippen molar-refractivity contribution in [2.24, 2.45) is 23.5 Å². The van der Waals surface area contributed by atoms with Gasteiger partial charge in [-0.15, -0.1) is 0 Å². The molecule has 2 heteroatoms. The van der Waals surface area contributed by atoms with Gasteiger partial charge in [0.1, 0.15) is 0 Å². The van der Waals surface area contributed by atoms with E-state index >= 15 is 0 Å². The molecule has 2 aliphatic carbocycles. The van der Waals surface area contributed by atoms with E-state index in [1.165, 1.54) is 38.5 Å². The molecule has 2 fully saturated rings. The summed E-state index contributed by atoms with van der Waals surface area (Å²) in [5.74, 6) is 2.35. The van der Waals surface area contributed by atoms with Gasteiger partial charge in [0, 0.05) is 12.6 Å². The van der Waals surface area contributed by atoms with Crippen LogP contribution in [-0.4, -0.2) is 17.8 Å². The number of nitrogens with two attached hydrogens (primary N) is 1. The lowest BCUT2D eigenvalue weighted by atomic mass is 9.66. The normalized spacial score (nSPS) is 45.7. The van der Waals surface area contributed by atoms with Crippen molar-refractivity contribution in [3.63, 3.8) is 0 Å². The zero-order valence-electron chi connectivity index (χ0n) is 8.28. The molecular formula is C11H21NO. The van der Waals surface area contributed by atoms with Crippen LogP contribution in [0.4, 0.5) is 0 Å². The van der Waals surface area contributed by atoms with Gasteiger partial charge in [0.25, 0.3) is 0 Å². The Morgan fingerprint density at radius 1 is 1.00 bits per heavy atom. The fourth-order valence-electron chi connectivity index (χ4n) is 3.19. The predicted octanol–water partition coefficient (Wildman–Crippen LogP) is 1.52. The maximum absolute atomic E-state index is 9.11. The third-order valence-electron chi connectivity index (χ3n) is 4.02. The minimum atomic E-state index is 0.398. The molecule has 0 amide bonds. The molecular weight excluding hydrogens is 162 g/mol. The molecule has 3 N–H and O–H groups in total. The Hall–Kier alpha value is -0.0800. The summed E-state index contributed by atoms with van der Waals surface area (Å²) in [6.07, 6.45) is 7.55. The van der Waals surface area contributed by atoms with Crippen LogP contribution in [0.1, 0.15) is 38.5 Å². The Morgan fingerprint density at radius 3 is 2.46 bits per heavy atom. The molecule has 0 aliphatic heterocycles. The molecule has 0 bridgehead atoms. The third-order valence-corrected chi connectivity index (χ3v) is 4.02. The molecule has 0 aromatic rings. The first-order valence-electron chi connectivity index (χ1n) is 5.66. The summed E-state index contributed by atoms with van der Waals surface area (Å²) in [5, 5.41) is 9.11. The third kappa shape index (κ3) is 2.05. The zero-order valence-corrected chi connectivity index (χ0v) is 8.28. The molecule has 0 heterocycles. The van der Waals surface area contributed by atoms with Crippen molar-refractivity contribution < 1.29 is 5.11 Å². The number of hydrogen-bond acceptors (Lipinski definition) is 2. The molecule has 2 rings (SSSR count). The Balaban J connectivity index is 1.90. The van der Waals surface area contributed by atoms with Gasteiger partial charge >= 0.3 is 0 Å². The number of rotatable bonds is 1. The van der Waals surface area contributed by atoms with Crippen LogP contribution in [0.5, 0.6) is 0 Å². The van der Waals surface area contributed by atoms with E-state index < -0.39 is 0 Å². The Labute approximate surface area is 80.5 Å². The van der Waals surface area contributed by atoms with Crippen molar-refractivity contribution >= 4 is 0 Å². The highest BCUT2D eigenvalue weighted by Crippen LogP contribution is 2.42. The number of aliphatic hydroxyl groups is 1. The zero-order chi connectivity index (χ0) is 9.26. The SMILES string of the molecule is NC1CCC2CC(CO)CCC2C1. The van der Waals surface area contributed by atoms with Crippen LogP contribution < -0.4 is 5.73 Å². The summed E-state index contributed by atoms with van der Waals surface area (Å²) >= 11 is 0. The van der Waals surface area contributed by atoms with E-state index in [-0.39, 0.29) is 0 Å². The van der Waals surface area contributed by atoms with Gasteiger partial charge < -0.3 is 10.8 Å². The van der Waals surface area contributed by atoms with Crippen LogP contribution >= 0.6 is 0 Å². The van der Waals surface area contributed by atoms with Crippen molar-refractivity contribution in [3.8, 4) is 0 Å². The highest BCUT2D eigenvalue weighted by Gasteiger charge is 2.34. The van der Waals surface area contributed by atoms with Crippen LogP contribution in [0.25, 0.3) is 0 Å². The fourth-order valence-corrected chi connectivity index (χ4v) is 3.19. The number of fused-ring (bicyclic) bond motifs is 1. The fraction of sp³-hybridized carbons (Fsp3) is 1.00. The van der Waals surface area contributed by atoms with E-state index in [4.69, 9.17) is 10.8 Å². The largest absolute Gasteiger partial charge is 0.396 e. The van der Waals surface area contributed by atoms with E-state index in [0.29, 0.717) is 18.6 Å². The van der Waals surface area contributed by atoms with Crippen molar-refractivity contribution in [1.82, 2.24) is 0 Å². The second-order valence-corrected chi connectivity index (χ2v) is 4.95. The topological polar surface area (TPSA) is 46.2 Å². The lowest BCUT2D eigenvalue weighted by Crippen LogP contribution is -2.37. The van der Waals surface area contributed by atoms with E-state index in [0.717, 1.165) is 11.8 Å². The minimum Gasteiger partial charge on any atom is -0.396 e. The van der Waals surface area contributed by atoms with Crippen molar-refractivity contribution in [2.75, 3.05) is 6.61 Å². The van der Waals surface area contributed by atoms with Gasteiger partial charge in [0.2, 0.25) is 0 Å². The van der Waals surface area contributed by atoms with Gasteiger partial charge in [-0.1, -0.05) is 0 Å². The average Bonchev–Trinajstić information content (AvgIpc) is 2.17. The van der Waals surface area contributed by atoms with E-state index in [2.05, 4.69) is 0 Å². The van der Waals surface area contributed by atoms with Crippen LogP contribution in [0.3, 0.4) is 0 Å². The van der Waals surface area contributed by atoms with Crippen LogP contribution in [0.2, 0.25) is 0 Å². The molecule has 2 nitrogen and oxygen atoms in total. The first-order valence-corrected chi connectivity index (χ1v) is 5.66. The number of aliphatic hydroxyl groups excluding tert-OH is 1. The van der Waals surface area contributed by atoms with Gasteiger partial charge in [-0.3, -0.25) is 0 Å². The van der Waals surface area contributed by atoms with Crippen molar-refractivity contribution in [2.45, 2.75) is 44.6 Å². The van der Waals surface area contributed by atoms with E-state index in [1.807, 2.05) is 0 Å². The Morgan fingerprint density at radius 2 is 1.69 bits per heavy atom. The molecule has 0 radical (unpaired) electrons. The van der Waals surface area contributed by atoms with Gasteiger partial charge in [-0.05, 0) is 56.3 Å². The van der Waals surface area contributed by atoms with Crippen LogP contribution in [0.15, 0.2) is 0 Å². The maximum Gasteiger partial charge on any atom is 0.0459 e. The molecule has 4 atom stereocenters. The average molecular weight is 183 g/mol. The molecule has 0 saturated heterocycles. The van der Waals surface area contributed by atoms with Crippen LogP contribution in [-0.2, 0) is 0 Å². The molecule has 0 aromatic carbocycles. The smallest absolute Gasteiger partial charge is 0.0459 e. The summed E-state index contributed by atoms with van der Waals surface area (Å²) in [6, 6.07) is 0.465. The quantitative estimate of drug-likeness (QED) is 0.647. The van der Waals surface area contributed by atoms with Gasteiger partial charge in [0.15, 0.2) is 0 Å². The van der Waals surface area contributed by atoms with Crippen molar-refractivity contribution in [1.29, 1.82) is 0 Å². The summed E-state index contributed by atoms with van der Waals surface area (Å²) in [4.78, 5) is 0. The van der Waals surface area contributed by atoms with Gasteiger partial charge in [-0.25, -0.2) is 0 Å². The lowest BCUT2D eigenvalue weighted by Gasteiger charge is -2.40. The highest BCUT2D eigenvalue weighted by molar-refractivity contribution is 4.87. The summed E-state index contributed by atoms with van der Waals surface area (Å²) < 4.78 is 0. The monoisotopic (exact) mass is 183 g/mol. The Bertz CT molecular complexity index is 171. The standard InChI is InChI=1S/C11H21NO/c12-11-4-3-9-5-8(7-13)1-2-10(9)6-11/h8-11,13H,1-7,12H2. The van der Waals surface area contributed by atoms with Gasteiger partial charge in [-0.2, -0.15) is 0 Å². The summed E-state index contributed by atoms with van der Waals surface area (Å²) in [5.41, 5.74) is 5.96. The molecule has 2 saturated carbocycles.